The zero-order valence-electron chi connectivity index (χ0n) is 12.1. The molecule has 0 aliphatic carbocycles. The summed E-state index contributed by atoms with van der Waals surface area (Å²) in [4.78, 5) is 13.0. The van der Waals surface area contributed by atoms with Crippen molar-refractivity contribution in [1.82, 2.24) is 10.6 Å². The fourth-order valence-corrected chi connectivity index (χ4v) is 3.45. The quantitative estimate of drug-likeness (QED) is 0.764. The van der Waals surface area contributed by atoms with Gasteiger partial charge in [0.25, 0.3) is 0 Å². The van der Waals surface area contributed by atoms with Crippen molar-refractivity contribution in [3.8, 4) is 0 Å². The SMILES string of the molecule is CC(C)(CNC(=O)NCC(O)c1ccsc1)c1cccs1. The fraction of sp³-hybridized carbons (Fsp3) is 0.400. The number of nitrogens with one attached hydrogen (secondary N) is 2. The Balaban J connectivity index is 1.75. The summed E-state index contributed by atoms with van der Waals surface area (Å²) < 4.78 is 0. The lowest BCUT2D eigenvalue weighted by Crippen LogP contribution is -2.43. The predicted molar refractivity (Wildman–Crippen MR) is 88.0 cm³/mol. The Morgan fingerprint density at radius 3 is 2.76 bits per heavy atom. The minimum absolute atomic E-state index is 0.0997. The second kappa shape index (κ2) is 7.06. The largest absolute Gasteiger partial charge is 0.387 e. The van der Waals surface area contributed by atoms with Gasteiger partial charge in [-0.1, -0.05) is 19.9 Å². The van der Waals surface area contributed by atoms with Gasteiger partial charge in [0.15, 0.2) is 0 Å². The summed E-state index contributed by atoms with van der Waals surface area (Å²) in [6.07, 6.45) is -0.660. The minimum Gasteiger partial charge on any atom is -0.387 e. The van der Waals surface area contributed by atoms with E-state index >= 15 is 0 Å². The van der Waals surface area contributed by atoms with E-state index < -0.39 is 6.10 Å². The standard InChI is InChI=1S/C15H20N2O2S2/c1-15(2,13-4-3-6-21-13)10-17-14(19)16-8-12(18)11-5-7-20-9-11/h3-7,9,12,18H,8,10H2,1-2H3,(H2,16,17,19). The van der Waals surface area contributed by atoms with Crippen LogP contribution in [0.5, 0.6) is 0 Å². The average Bonchev–Trinajstić information content (AvgIpc) is 3.14. The van der Waals surface area contributed by atoms with Gasteiger partial charge in [-0.3, -0.25) is 0 Å². The van der Waals surface area contributed by atoms with Gasteiger partial charge in [0, 0.05) is 23.4 Å². The van der Waals surface area contributed by atoms with Crippen molar-refractivity contribution in [2.75, 3.05) is 13.1 Å². The van der Waals surface area contributed by atoms with Gasteiger partial charge in [0.05, 0.1) is 6.10 Å². The first-order valence-corrected chi connectivity index (χ1v) is 8.57. The summed E-state index contributed by atoms with van der Waals surface area (Å²) in [6, 6.07) is 5.69. The summed E-state index contributed by atoms with van der Waals surface area (Å²) in [5, 5.41) is 21.3. The van der Waals surface area contributed by atoms with Crippen LogP contribution in [0.1, 0.15) is 30.4 Å². The monoisotopic (exact) mass is 324 g/mol. The molecular formula is C15H20N2O2S2. The maximum absolute atomic E-state index is 11.8. The Morgan fingerprint density at radius 2 is 2.14 bits per heavy atom. The summed E-state index contributed by atoms with van der Waals surface area (Å²) in [6.45, 7) is 4.95. The van der Waals surface area contributed by atoms with E-state index in [9.17, 15) is 9.90 Å². The van der Waals surface area contributed by atoms with Crippen molar-refractivity contribution in [2.24, 2.45) is 0 Å². The molecule has 2 rings (SSSR count). The molecule has 0 saturated heterocycles. The molecule has 1 unspecified atom stereocenters. The van der Waals surface area contributed by atoms with Crippen molar-refractivity contribution in [1.29, 1.82) is 0 Å². The van der Waals surface area contributed by atoms with Gasteiger partial charge >= 0.3 is 6.03 Å². The van der Waals surface area contributed by atoms with Crippen molar-refractivity contribution >= 4 is 28.7 Å². The molecule has 21 heavy (non-hydrogen) atoms. The van der Waals surface area contributed by atoms with Gasteiger partial charge in [-0.15, -0.1) is 11.3 Å². The molecule has 0 bridgehead atoms. The molecule has 0 radical (unpaired) electrons. The molecule has 0 fully saturated rings. The highest BCUT2D eigenvalue weighted by molar-refractivity contribution is 7.10. The Labute approximate surface area is 132 Å². The minimum atomic E-state index is -0.660. The first kappa shape index (κ1) is 16.0. The van der Waals surface area contributed by atoms with Gasteiger partial charge < -0.3 is 15.7 Å². The average molecular weight is 324 g/mol. The molecule has 1 atom stereocenters. The summed E-state index contributed by atoms with van der Waals surface area (Å²) in [5.41, 5.74) is 0.733. The zero-order valence-corrected chi connectivity index (χ0v) is 13.8. The zero-order chi connectivity index (χ0) is 15.3. The van der Waals surface area contributed by atoms with E-state index in [4.69, 9.17) is 0 Å². The molecule has 114 valence electrons. The van der Waals surface area contributed by atoms with E-state index in [-0.39, 0.29) is 18.0 Å². The summed E-state index contributed by atoms with van der Waals surface area (Å²) in [7, 11) is 0. The lowest BCUT2D eigenvalue weighted by Gasteiger charge is -2.24. The number of aliphatic hydroxyl groups excluding tert-OH is 1. The Morgan fingerprint density at radius 1 is 1.33 bits per heavy atom. The number of carbonyl (C=O) groups is 1. The number of urea groups is 1. The topological polar surface area (TPSA) is 61.4 Å². The van der Waals surface area contributed by atoms with Crippen molar-refractivity contribution in [2.45, 2.75) is 25.4 Å². The van der Waals surface area contributed by atoms with Crippen LogP contribution in [0.2, 0.25) is 0 Å². The number of carbonyl (C=O) groups excluding carboxylic acids is 1. The highest BCUT2D eigenvalue weighted by atomic mass is 32.1. The van der Waals surface area contributed by atoms with Gasteiger partial charge in [-0.2, -0.15) is 11.3 Å². The molecule has 0 aliphatic heterocycles. The van der Waals surface area contributed by atoms with E-state index in [1.54, 1.807) is 11.3 Å². The van der Waals surface area contributed by atoms with Crippen LogP contribution in [-0.2, 0) is 5.41 Å². The number of hydrogen-bond donors (Lipinski definition) is 3. The number of rotatable bonds is 6. The van der Waals surface area contributed by atoms with Gasteiger partial charge in [-0.25, -0.2) is 4.79 Å². The Kier molecular flexibility index (Phi) is 5.39. The van der Waals surface area contributed by atoms with E-state index in [2.05, 4.69) is 30.5 Å². The van der Waals surface area contributed by atoms with Crippen LogP contribution < -0.4 is 10.6 Å². The first-order chi connectivity index (χ1) is 9.99. The summed E-state index contributed by atoms with van der Waals surface area (Å²) >= 11 is 3.21. The maximum atomic E-state index is 11.8. The molecule has 0 spiro atoms. The molecule has 0 saturated carbocycles. The normalized spacial score (nSPS) is 12.9. The molecule has 4 nitrogen and oxygen atoms in total. The smallest absolute Gasteiger partial charge is 0.314 e. The van der Waals surface area contributed by atoms with Crippen molar-refractivity contribution in [3.05, 3.63) is 44.8 Å². The molecule has 0 aromatic carbocycles. The molecule has 2 aromatic rings. The first-order valence-electron chi connectivity index (χ1n) is 6.75. The number of aliphatic hydroxyl groups is 1. The molecule has 3 N–H and O–H groups in total. The van der Waals surface area contributed by atoms with E-state index in [1.165, 1.54) is 16.2 Å². The fourth-order valence-electron chi connectivity index (χ4n) is 1.89. The highest BCUT2D eigenvalue weighted by Crippen LogP contribution is 2.26. The molecule has 2 heterocycles. The van der Waals surface area contributed by atoms with Crippen LogP contribution in [0.15, 0.2) is 34.3 Å². The maximum Gasteiger partial charge on any atom is 0.314 e. The second-order valence-corrected chi connectivity index (χ2v) is 7.22. The Bertz CT molecular complexity index is 550. The predicted octanol–water partition coefficient (Wildman–Crippen LogP) is 3.12. The van der Waals surface area contributed by atoms with Crippen LogP contribution >= 0.6 is 22.7 Å². The molecule has 2 amide bonds. The summed E-state index contributed by atoms with van der Waals surface area (Å²) in [5.74, 6) is 0. The van der Waals surface area contributed by atoms with Crippen LogP contribution in [-0.4, -0.2) is 24.2 Å². The third kappa shape index (κ3) is 4.56. The third-order valence-corrected chi connectivity index (χ3v) is 5.20. The lowest BCUT2D eigenvalue weighted by atomic mass is 9.91. The van der Waals surface area contributed by atoms with Crippen molar-refractivity contribution < 1.29 is 9.90 Å². The van der Waals surface area contributed by atoms with E-state index in [0.29, 0.717) is 6.54 Å². The lowest BCUT2D eigenvalue weighted by molar-refractivity contribution is 0.173. The van der Waals surface area contributed by atoms with Gasteiger partial charge in [-0.05, 0) is 33.8 Å². The van der Waals surface area contributed by atoms with Gasteiger partial charge in [0.1, 0.15) is 0 Å². The number of amides is 2. The Hall–Kier alpha value is -1.37. The van der Waals surface area contributed by atoms with Crippen molar-refractivity contribution in [3.63, 3.8) is 0 Å². The van der Waals surface area contributed by atoms with Crippen LogP contribution in [0, 0.1) is 0 Å². The second-order valence-electron chi connectivity index (χ2n) is 5.50. The van der Waals surface area contributed by atoms with E-state index in [1.807, 2.05) is 28.3 Å². The number of hydrogen-bond acceptors (Lipinski definition) is 4. The molecule has 6 heteroatoms. The molecular weight excluding hydrogens is 304 g/mol. The van der Waals surface area contributed by atoms with Crippen LogP contribution in [0.4, 0.5) is 4.79 Å². The molecule has 2 aromatic heterocycles. The van der Waals surface area contributed by atoms with Crippen LogP contribution in [0.3, 0.4) is 0 Å². The number of thiophene rings is 2. The third-order valence-electron chi connectivity index (χ3n) is 3.26. The van der Waals surface area contributed by atoms with Gasteiger partial charge in [0.2, 0.25) is 0 Å². The highest BCUT2D eigenvalue weighted by Gasteiger charge is 2.22. The molecule has 0 aliphatic rings. The van der Waals surface area contributed by atoms with E-state index in [0.717, 1.165) is 5.56 Å². The van der Waals surface area contributed by atoms with Crippen LogP contribution in [0.25, 0.3) is 0 Å².